The Bertz CT molecular complexity index is 344. The Labute approximate surface area is 148 Å². The van der Waals surface area contributed by atoms with E-state index in [1.807, 2.05) is 0 Å². The Kier molecular flexibility index (Phi) is 16.2. The van der Waals surface area contributed by atoms with Crippen LogP contribution in [0.5, 0.6) is 0 Å². The second-order valence-corrected chi connectivity index (χ2v) is 7.67. The van der Waals surface area contributed by atoms with Crippen LogP contribution >= 0.6 is 7.82 Å². The van der Waals surface area contributed by atoms with Crippen molar-refractivity contribution in [1.82, 2.24) is 0 Å². The summed E-state index contributed by atoms with van der Waals surface area (Å²) < 4.78 is 15.4. The average molecular weight is 363 g/mol. The molecule has 0 aromatic heterocycles. The molecule has 5 nitrogen and oxygen atoms in total. The second kappa shape index (κ2) is 16.3. The normalized spacial score (nSPS) is 13.7. The van der Waals surface area contributed by atoms with Gasteiger partial charge >= 0.3 is 7.82 Å². The van der Waals surface area contributed by atoms with Crippen LogP contribution in [0.25, 0.3) is 0 Å². The average Bonchev–Trinajstić information content (AvgIpc) is 2.53. The molecule has 0 spiro atoms. The van der Waals surface area contributed by atoms with Gasteiger partial charge < -0.3 is 15.5 Å². The van der Waals surface area contributed by atoms with Gasteiger partial charge in [0.1, 0.15) is 0 Å². The molecule has 0 saturated carbocycles. The molecule has 0 aliphatic rings. The SMILES string of the molecule is CCCC/C=C\CCCCCCCCCCC(CN)OP(=O)(O)O. The van der Waals surface area contributed by atoms with Crippen LogP contribution in [0.4, 0.5) is 0 Å². The molecule has 24 heavy (non-hydrogen) atoms. The summed E-state index contributed by atoms with van der Waals surface area (Å²) in [4.78, 5) is 17.5. The third-order valence-electron chi connectivity index (χ3n) is 4.09. The van der Waals surface area contributed by atoms with Crippen molar-refractivity contribution in [3.8, 4) is 0 Å². The molecule has 0 aromatic rings. The fraction of sp³-hybridized carbons (Fsp3) is 0.889. The van der Waals surface area contributed by atoms with Crippen molar-refractivity contribution < 1.29 is 18.9 Å². The fourth-order valence-corrected chi connectivity index (χ4v) is 3.24. The van der Waals surface area contributed by atoms with E-state index in [0.29, 0.717) is 6.42 Å². The maximum atomic E-state index is 10.8. The Balaban J connectivity index is 3.33. The van der Waals surface area contributed by atoms with Gasteiger partial charge in [0.15, 0.2) is 0 Å². The first-order chi connectivity index (χ1) is 11.5. The van der Waals surface area contributed by atoms with Gasteiger partial charge in [0.2, 0.25) is 0 Å². The van der Waals surface area contributed by atoms with Crippen molar-refractivity contribution in [3.63, 3.8) is 0 Å². The third-order valence-corrected chi connectivity index (χ3v) is 4.66. The molecule has 1 unspecified atom stereocenters. The van der Waals surface area contributed by atoms with Crippen molar-refractivity contribution in [2.75, 3.05) is 6.54 Å². The molecule has 0 aliphatic carbocycles. The molecule has 0 heterocycles. The van der Waals surface area contributed by atoms with Crippen molar-refractivity contribution in [2.24, 2.45) is 5.73 Å². The van der Waals surface area contributed by atoms with Crippen molar-refractivity contribution >= 4 is 7.82 Å². The zero-order chi connectivity index (χ0) is 18.1. The molecule has 0 radical (unpaired) electrons. The number of nitrogens with two attached hydrogens (primary N) is 1. The van der Waals surface area contributed by atoms with Crippen LogP contribution in [0.3, 0.4) is 0 Å². The second-order valence-electron chi connectivity index (χ2n) is 6.47. The lowest BCUT2D eigenvalue weighted by atomic mass is 10.0. The van der Waals surface area contributed by atoms with E-state index in [2.05, 4.69) is 23.6 Å². The van der Waals surface area contributed by atoms with Gasteiger partial charge in [0, 0.05) is 6.54 Å². The molecule has 4 N–H and O–H groups in total. The van der Waals surface area contributed by atoms with Crippen molar-refractivity contribution in [1.29, 1.82) is 0 Å². The fourth-order valence-electron chi connectivity index (χ4n) is 2.66. The summed E-state index contributed by atoms with van der Waals surface area (Å²) in [5, 5.41) is 0. The van der Waals surface area contributed by atoms with E-state index in [1.54, 1.807) is 0 Å². The molecule has 144 valence electrons. The van der Waals surface area contributed by atoms with Crippen LogP contribution in [-0.4, -0.2) is 22.4 Å². The summed E-state index contributed by atoms with van der Waals surface area (Å²) in [7, 11) is -4.41. The summed E-state index contributed by atoms with van der Waals surface area (Å²) in [6.07, 6.45) is 19.3. The van der Waals surface area contributed by atoms with Gasteiger partial charge in [-0.3, -0.25) is 4.52 Å². The Morgan fingerprint density at radius 2 is 1.42 bits per heavy atom. The zero-order valence-electron chi connectivity index (χ0n) is 15.4. The molecule has 6 heteroatoms. The number of allylic oxidation sites excluding steroid dienone is 2. The van der Waals surface area contributed by atoms with Crippen LogP contribution < -0.4 is 5.73 Å². The summed E-state index contributed by atoms with van der Waals surface area (Å²) in [5.41, 5.74) is 5.46. The van der Waals surface area contributed by atoms with E-state index in [9.17, 15) is 4.57 Å². The largest absolute Gasteiger partial charge is 0.469 e. The quantitative estimate of drug-likeness (QED) is 0.191. The van der Waals surface area contributed by atoms with E-state index in [1.165, 1.54) is 64.2 Å². The molecule has 0 amide bonds. The van der Waals surface area contributed by atoms with Gasteiger partial charge in [-0.05, 0) is 25.7 Å². The molecule has 0 aliphatic heterocycles. The summed E-state index contributed by atoms with van der Waals surface area (Å²) >= 11 is 0. The smallest absolute Gasteiger partial charge is 0.328 e. The van der Waals surface area contributed by atoms with E-state index in [0.717, 1.165) is 12.8 Å². The lowest BCUT2D eigenvalue weighted by Gasteiger charge is -2.15. The predicted octanol–water partition coefficient (Wildman–Crippen LogP) is 5.07. The first-order valence-corrected chi connectivity index (χ1v) is 11.1. The summed E-state index contributed by atoms with van der Waals surface area (Å²) in [5.74, 6) is 0. The van der Waals surface area contributed by atoms with Gasteiger partial charge in [-0.2, -0.15) is 0 Å². The highest BCUT2D eigenvalue weighted by Gasteiger charge is 2.20. The van der Waals surface area contributed by atoms with E-state index >= 15 is 0 Å². The zero-order valence-corrected chi connectivity index (χ0v) is 16.3. The highest BCUT2D eigenvalue weighted by Crippen LogP contribution is 2.38. The van der Waals surface area contributed by atoms with Crippen molar-refractivity contribution in [3.05, 3.63) is 12.2 Å². The van der Waals surface area contributed by atoms with Crippen molar-refractivity contribution in [2.45, 2.75) is 96.5 Å². The van der Waals surface area contributed by atoms with Gasteiger partial charge in [-0.15, -0.1) is 0 Å². The maximum Gasteiger partial charge on any atom is 0.469 e. The molecular weight excluding hydrogens is 325 g/mol. The number of phosphoric acid groups is 1. The standard InChI is InChI=1S/C18H38NO4P/c1-2-3-4-5-6-7-8-9-10-11-12-13-14-15-16-18(17-19)23-24(20,21)22/h5-6,18H,2-4,7-17,19H2,1H3,(H2,20,21,22)/b6-5-. The first-order valence-electron chi connectivity index (χ1n) is 9.58. The Morgan fingerprint density at radius 1 is 0.917 bits per heavy atom. The van der Waals surface area contributed by atoms with E-state index in [-0.39, 0.29) is 6.54 Å². The highest BCUT2D eigenvalue weighted by atomic mass is 31.2. The molecule has 0 fully saturated rings. The van der Waals surface area contributed by atoms with Crippen LogP contribution in [0.2, 0.25) is 0 Å². The number of hydrogen-bond donors (Lipinski definition) is 3. The summed E-state index contributed by atoms with van der Waals surface area (Å²) in [6.45, 7) is 2.37. The monoisotopic (exact) mass is 363 g/mol. The minimum atomic E-state index is -4.41. The van der Waals surface area contributed by atoms with Crippen LogP contribution in [0, 0.1) is 0 Å². The number of hydrogen-bond acceptors (Lipinski definition) is 3. The lowest BCUT2D eigenvalue weighted by molar-refractivity contribution is 0.129. The van der Waals surface area contributed by atoms with Crippen LogP contribution in [-0.2, 0) is 9.09 Å². The van der Waals surface area contributed by atoms with E-state index in [4.69, 9.17) is 15.5 Å². The Hall–Kier alpha value is -0.190. The van der Waals surface area contributed by atoms with Crippen LogP contribution in [0.15, 0.2) is 12.2 Å². The van der Waals surface area contributed by atoms with E-state index < -0.39 is 13.9 Å². The molecule has 0 rings (SSSR count). The number of rotatable bonds is 17. The predicted molar refractivity (Wildman–Crippen MR) is 101 cm³/mol. The number of phosphoric ester groups is 1. The van der Waals surface area contributed by atoms with Gasteiger partial charge in [-0.1, -0.05) is 76.9 Å². The molecule has 0 saturated heterocycles. The van der Waals surface area contributed by atoms with Gasteiger partial charge in [0.05, 0.1) is 6.10 Å². The molecular formula is C18H38NO4P. The molecule has 0 aromatic carbocycles. The van der Waals surface area contributed by atoms with Gasteiger partial charge in [-0.25, -0.2) is 4.57 Å². The minimum Gasteiger partial charge on any atom is -0.328 e. The molecule has 0 bridgehead atoms. The minimum absolute atomic E-state index is 0.151. The van der Waals surface area contributed by atoms with Crippen LogP contribution in [0.1, 0.15) is 90.4 Å². The topological polar surface area (TPSA) is 92.8 Å². The van der Waals surface area contributed by atoms with Gasteiger partial charge in [0.25, 0.3) is 0 Å². The molecule has 1 atom stereocenters. The third kappa shape index (κ3) is 18.2. The maximum absolute atomic E-state index is 10.8. The first kappa shape index (κ1) is 23.8. The Morgan fingerprint density at radius 3 is 1.92 bits per heavy atom. The number of unbranched alkanes of at least 4 members (excludes halogenated alkanes) is 10. The lowest BCUT2D eigenvalue weighted by Crippen LogP contribution is -2.22. The highest BCUT2D eigenvalue weighted by molar-refractivity contribution is 7.46. The summed E-state index contributed by atoms with van der Waals surface area (Å²) in [6, 6.07) is 0.